The minimum atomic E-state index is -3.92. The van der Waals surface area contributed by atoms with Gasteiger partial charge < -0.3 is 0 Å². The topological polar surface area (TPSA) is 101 Å². The third-order valence-electron chi connectivity index (χ3n) is 4.38. The first kappa shape index (κ1) is 20.4. The number of hydrogen-bond acceptors (Lipinski definition) is 5. The highest BCUT2D eigenvalue weighted by Crippen LogP contribution is 2.29. The maximum absolute atomic E-state index is 12.9. The first-order valence-electron chi connectivity index (χ1n) is 7.86. The van der Waals surface area contributed by atoms with Crippen molar-refractivity contribution >= 4 is 25.7 Å². The van der Waals surface area contributed by atoms with Crippen LogP contribution in [0.5, 0.6) is 0 Å². The molecule has 0 amide bonds. The van der Waals surface area contributed by atoms with E-state index >= 15 is 0 Å². The molecule has 0 saturated heterocycles. The van der Waals surface area contributed by atoms with E-state index < -0.39 is 20.0 Å². The van der Waals surface area contributed by atoms with Gasteiger partial charge in [-0.2, -0.15) is 5.10 Å². The number of rotatable bonds is 5. The summed E-state index contributed by atoms with van der Waals surface area (Å²) in [5.41, 5.74) is 2.44. The van der Waals surface area contributed by atoms with E-state index in [2.05, 4.69) is 9.82 Å². The van der Waals surface area contributed by atoms with Crippen molar-refractivity contribution < 1.29 is 16.8 Å². The van der Waals surface area contributed by atoms with E-state index in [9.17, 15) is 16.8 Å². The van der Waals surface area contributed by atoms with Gasteiger partial charge in [0.15, 0.2) is 0 Å². The molecule has 0 aliphatic carbocycles. The van der Waals surface area contributed by atoms with Gasteiger partial charge in [-0.15, -0.1) is 0 Å². The van der Waals surface area contributed by atoms with Crippen LogP contribution < -0.4 is 4.72 Å². The van der Waals surface area contributed by atoms with Crippen LogP contribution in [0, 0.1) is 27.7 Å². The summed E-state index contributed by atoms with van der Waals surface area (Å²) >= 11 is 0. The minimum Gasteiger partial charge on any atom is -0.279 e. The molecule has 0 saturated carbocycles. The van der Waals surface area contributed by atoms with Crippen molar-refractivity contribution in [3.8, 4) is 0 Å². The lowest BCUT2D eigenvalue weighted by molar-refractivity contribution is 0.520. The van der Waals surface area contributed by atoms with Crippen molar-refractivity contribution in [2.75, 3.05) is 18.8 Å². The molecule has 1 aromatic carbocycles. The second kappa shape index (κ2) is 6.67. The molecule has 26 heavy (non-hydrogen) atoms. The second-order valence-electron chi connectivity index (χ2n) is 6.43. The molecule has 10 heteroatoms. The summed E-state index contributed by atoms with van der Waals surface area (Å²) in [5, 5.41) is 4.13. The zero-order chi connectivity index (χ0) is 20.0. The highest BCUT2D eigenvalue weighted by atomic mass is 32.2. The van der Waals surface area contributed by atoms with Crippen molar-refractivity contribution in [3.05, 3.63) is 34.6 Å². The van der Waals surface area contributed by atoms with Gasteiger partial charge >= 0.3 is 0 Å². The van der Waals surface area contributed by atoms with Gasteiger partial charge in [-0.25, -0.2) is 21.1 Å². The number of nitrogens with zero attached hydrogens (tertiary/aromatic N) is 3. The van der Waals surface area contributed by atoms with E-state index in [1.807, 2.05) is 0 Å². The number of nitrogens with one attached hydrogen (secondary N) is 1. The van der Waals surface area contributed by atoms with Crippen LogP contribution in [0.2, 0.25) is 0 Å². The molecule has 8 nitrogen and oxygen atoms in total. The van der Waals surface area contributed by atoms with Crippen molar-refractivity contribution in [2.45, 2.75) is 37.5 Å². The van der Waals surface area contributed by atoms with Gasteiger partial charge in [-0.3, -0.25) is 9.40 Å². The molecular weight excluding hydrogens is 376 g/mol. The zero-order valence-electron chi connectivity index (χ0n) is 15.9. The first-order chi connectivity index (χ1) is 11.8. The molecular formula is C16H24N4O4S2. The third kappa shape index (κ3) is 3.49. The molecule has 0 spiro atoms. The largest absolute Gasteiger partial charge is 0.279 e. The standard InChI is InChI=1S/C16H24N4O4S2/c1-10-8-14(26(23,24)19(5)6)9-15(11(10)2)18-25(21,22)16-12(3)17-20(7)13(16)4/h8-9,18H,1-7H3. The van der Waals surface area contributed by atoms with E-state index in [0.717, 1.165) is 4.31 Å². The van der Waals surface area contributed by atoms with Gasteiger partial charge in [0.25, 0.3) is 10.0 Å². The van der Waals surface area contributed by atoms with Gasteiger partial charge in [0.2, 0.25) is 10.0 Å². The first-order valence-corrected chi connectivity index (χ1v) is 10.8. The summed E-state index contributed by atoms with van der Waals surface area (Å²) in [4.78, 5) is 0.126. The van der Waals surface area contributed by atoms with E-state index in [0.29, 0.717) is 22.5 Å². The Labute approximate surface area is 154 Å². The lowest BCUT2D eigenvalue weighted by Crippen LogP contribution is -2.23. The predicted molar refractivity (Wildman–Crippen MR) is 100 cm³/mol. The molecule has 0 unspecified atom stereocenters. The van der Waals surface area contributed by atoms with E-state index in [1.54, 1.807) is 34.7 Å². The van der Waals surface area contributed by atoms with Crippen molar-refractivity contribution in [1.82, 2.24) is 14.1 Å². The van der Waals surface area contributed by atoms with Gasteiger partial charge in [0.05, 0.1) is 22.0 Å². The fourth-order valence-electron chi connectivity index (χ4n) is 2.63. The Balaban J connectivity index is 2.61. The van der Waals surface area contributed by atoms with Gasteiger partial charge in [0, 0.05) is 21.1 Å². The maximum Gasteiger partial charge on any atom is 0.265 e. The number of aromatic nitrogens is 2. The summed E-state index contributed by atoms with van der Waals surface area (Å²) in [6, 6.07) is 2.87. The summed E-state index contributed by atoms with van der Waals surface area (Å²) in [5.74, 6) is 0. The van der Waals surface area contributed by atoms with Crippen molar-refractivity contribution in [3.63, 3.8) is 0 Å². The molecule has 0 atom stereocenters. The third-order valence-corrected chi connectivity index (χ3v) is 7.78. The molecule has 2 aromatic rings. The molecule has 0 aliphatic rings. The van der Waals surface area contributed by atoms with Crippen molar-refractivity contribution in [1.29, 1.82) is 0 Å². The summed E-state index contributed by atoms with van der Waals surface area (Å²) < 4.78 is 55.8. The Morgan fingerprint density at radius 3 is 2.08 bits per heavy atom. The van der Waals surface area contributed by atoms with Crippen LogP contribution >= 0.6 is 0 Å². The number of hydrogen-bond donors (Lipinski definition) is 1. The highest BCUT2D eigenvalue weighted by molar-refractivity contribution is 7.92. The number of aryl methyl sites for hydroxylation is 3. The van der Waals surface area contributed by atoms with Crippen LogP contribution in [0.3, 0.4) is 0 Å². The quantitative estimate of drug-likeness (QED) is 0.823. The van der Waals surface area contributed by atoms with E-state index in [1.165, 1.54) is 30.9 Å². The summed E-state index contributed by atoms with van der Waals surface area (Å²) in [6.07, 6.45) is 0. The average molecular weight is 401 g/mol. The Morgan fingerprint density at radius 1 is 1.04 bits per heavy atom. The predicted octanol–water partition coefficient (Wildman–Crippen LogP) is 1.70. The minimum absolute atomic E-state index is 0.0305. The van der Waals surface area contributed by atoms with E-state index in [-0.39, 0.29) is 15.5 Å². The zero-order valence-corrected chi connectivity index (χ0v) is 17.6. The Bertz CT molecular complexity index is 1070. The lowest BCUT2D eigenvalue weighted by Gasteiger charge is -2.17. The molecule has 1 aromatic heterocycles. The lowest BCUT2D eigenvalue weighted by atomic mass is 10.1. The van der Waals surface area contributed by atoms with Gasteiger partial charge in [0.1, 0.15) is 4.90 Å². The molecule has 2 rings (SSSR count). The second-order valence-corrected chi connectivity index (χ2v) is 10.2. The van der Waals surface area contributed by atoms with Crippen LogP contribution in [0.15, 0.2) is 21.9 Å². The van der Waals surface area contributed by atoms with Crippen LogP contribution in [0.25, 0.3) is 0 Å². The van der Waals surface area contributed by atoms with Crippen LogP contribution in [0.4, 0.5) is 5.69 Å². The van der Waals surface area contributed by atoms with Crippen LogP contribution in [0.1, 0.15) is 22.5 Å². The molecule has 1 heterocycles. The summed E-state index contributed by atoms with van der Waals surface area (Å²) in [6.45, 7) is 6.76. The molecule has 0 radical (unpaired) electrons. The fraction of sp³-hybridized carbons (Fsp3) is 0.438. The SMILES string of the molecule is Cc1cc(S(=O)(=O)N(C)C)cc(NS(=O)(=O)c2c(C)nn(C)c2C)c1C. The molecule has 1 N–H and O–H groups in total. The average Bonchev–Trinajstić information content (AvgIpc) is 2.76. The van der Waals surface area contributed by atoms with Crippen LogP contribution in [-0.4, -0.2) is 45.0 Å². The highest BCUT2D eigenvalue weighted by Gasteiger charge is 2.26. The molecule has 0 bridgehead atoms. The monoisotopic (exact) mass is 400 g/mol. The summed E-state index contributed by atoms with van der Waals surface area (Å²) in [7, 11) is -3.08. The Morgan fingerprint density at radius 2 is 1.62 bits per heavy atom. The van der Waals surface area contributed by atoms with Gasteiger partial charge in [-0.1, -0.05) is 0 Å². The number of anilines is 1. The molecule has 144 valence electrons. The smallest absolute Gasteiger partial charge is 0.265 e. The fourth-order valence-corrected chi connectivity index (χ4v) is 5.20. The molecule has 0 aliphatic heterocycles. The number of benzene rings is 1. The Kier molecular flexibility index (Phi) is 5.24. The van der Waals surface area contributed by atoms with E-state index in [4.69, 9.17) is 0 Å². The van der Waals surface area contributed by atoms with Crippen LogP contribution in [-0.2, 0) is 27.1 Å². The maximum atomic E-state index is 12.9. The van der Waals surface area contributed by atoms with Crippen molar-refractivity contribution in [2.24, 2.45) is 7.05 Å². The molecule has 0 fully saturated rings. The Hall–Kier alpha value is -1.91. The number of sulfonamides is 2. The normalized spacial score (nSPS) is 12.6. The van der Waals surface area contributed by atoms with Gasteiger partial charge in [-0.05, 0) is 51.0 Å².